The molecule has 0 aromatic heterocycles. The molecule has 3 rings (SSSR count). The molecule has 0 bridgehead atoms. The Morgan fingerprint density at radius 1 is 1.14 bits per heavy atom. The smallest absolute Gasteiger partial charge is 0.271 e. The van der Waals surface area contributed by atoms with Crippen molar-refractivity contribution >= 4 is 23.2 Å². The van der Waals surface area contributed by atoms with Gasteiger partial charge in [0.05, 0.1) is 28.8 Å². The second-order valence-corrected chi connectivity index (χ2v) is 6.64. The number of nitrogens with zero attached hydrogens (tertiary/aromatic N) is 2. The SMILES string of the molecule is COc1ccc([N+](=O)[O-])cc1NC(C)CCCN1C(=O)c2ccccc2C1=O. The Morgan fingerprint density at radius 2 is 1.79 bits per heavy atom. The molecular formula is C20H21N3O5. The van der Waals surface area contributed by atoms with Gasteiger partial charge in [-0.15, -0.1) is 0 Å². The molecule has 2 aromatic rings. The molecule has 2 amide bonds. The lowest BCUT2D eigenvalue weighted by molar-refractivity contribution is -0.384. The van der Waals surface area contributed by atoms with Gasteiger partial charge < -0.3 is 10.1 Å². The number of nitro benzene ring substituents is 1. The molecule has 1 N–H and O–H groups in total. The topological polar surface area (TPSA) is 102 Å². The van der Waals surface area contributed by atoms with Crippen LogP contribution in [0.2, 0.25) is 0 Å². The number of imide groups is 1. The molecule has 28 heavy (non-hydrogen) atoms. The van der Waals surface area contributed by atoms with E-state index in [9.17, 15) is 19.7 Å². The minimum atomic E-state index is -0.461. The number of ether oxygens (including phenoxy) is 1. The Bertz CT molecular complexity index is 893. The normalized spacial score (nSPS) is 14.0. The Balaban J connectivity index is 1.58. The van der Waals surface area contributed by atoms with E-state index in [1.165, 1.54) is 24.1 Å². The van der Waals surface area contributed by atoms with Crippen molar-refractivity contribution in [3.63, 3.8) is 0 Å². The first kappa shape index (κ1) is 19.3. The number of nitro groups is 1. The van der Waals surface area contributed by atoms with Gasteiger partial charge >= 0.3 is 0 Å². The molecule has 1 atom stereocenters. The molecule has 8 nitrogen and oxygen atoms in total. The Kier molecular flexibility index (Phi) is 5.58. The van der Waals surface area contributed by atoms with Crippen LogP contribution >= 0.6 is 0 Å². The molecule has 0 aliphatic carbocycles. The Labute approximate surface area is 162 Å². The molecular weight excluding hydrogens is 362 g/mol. The van der Waals surface area contributed by atoms with E-state index in [2.05, 4.69) is 5.32 Å². The standard InChI is InChI=1S/C20H21N3O5/c1-13(21-17-12-14(23(26)27)9-10-18(17)28-2)6-5-11-22-19(24)15-7-3-4-8-16(15)20(22)25/h3-4,7-10,12-13,21H,5-6,11H2,1-2H3. The van der Waals surface area contributed by atoms with Crippen molar-refractivity contribution in [3.8, 4) is 5.75 Å². The molecule has 1 aliphatic rings. The van der Waals surface area contributed by atoms with E-state index in [4.69, 9.17) is 4.74 Å². The first-order valence-corrected chi connectivity index (χ1v) is 8.96. The van der Waals surface area contributed by atoms with E-state index in [1.54, 1.807) is 30.3 Å². The lowest BCUT2D eigenvalue weighted by Crippen LogP contribution is -2.31. The zero-order valence-corrected chi connectivity index (χ0v) is 15.7. The molecule has 1 heterocycles. The number of amides is 2. The van der Waals surface area contributed by atoms with Crippen LogP contribution in [0.3, 0.4) is 0 Å². The van der Waals surface area contributed by atoms with Crippen molar-refractivity contribution in [2.75, 3.05) is 19.0 Å². The number of anilines is 1. The monoisotopic (exact) mass is 383 g/mol. The van der Waals surface area contributed by atoms with Crippen LogP contribution in [0.15, 0.2) is 42.5 Å². The number of carbonyl (C=O) groups excluding carboxylic acids is 2. The van der Waals surface area contributed by atoms with Gasteiger partial charge in [-0.25, -0.2) is 0 Å². The number of nitrogens with one attached hydrogen (secondary N) is 1. The van der Waals surface area contributed by atoms with E-state index < -0.39 is 4.92 Å². The Morgan fingerprint density at radius 3 is 2.36 bits per heavy atom. The van der Waals surface area contributed by atoms with Crippen LogP contribution in [0.1, 0.15) is 40.5 Å². The second-order valence-electron chi connectivity index (χ2n) is 6.64. The van der Waals surface area contributed by atoms with Gasteiger partial charge in [-0.1, -0.05) is 12.1 Å². The molecule has 1 unspecified atom stereocenters. The molecule has 0 fully saturated rings. The summed E-state index contributed by atoms with van der Waals surface area (Å²) >= 11 is 0. The van der Waals surface area contributed by atoms with Crippen molar-refractivity contribution < 1.29 is 19.2 Å². The summed E-state index contributed by atoms with van der Waals surface area (Å²) in [5, 5.41) is 14.2. The highest BCUT2D eigenvalue weighted by Crippen LogP contribution is 2.30. The number of benzene rings is 2. The van der Waals surface area contributed by atoms with Crippen LogP contribution in [-0.4, -0.2) is 41.3 Å². The lowest BCUT2D eigenvalue weighted by Gasteiger charge is -2.19. The fourth-order valence-electron chi connectivity index (χ4n) is 3.26. The average Bonchev–Trinajstić information content (AvgIpc) is 2.93. The van der Waals surface area contributed by atoms with Gasteiger partial charge in [0.15, 0.2) is 0 Å². The molecule has 2 aromatic carbocycles. The third-order valence-corrected chi connectivity index (χ3v) is 4.69. The highest BCUT2D eigenvalue weighted by molar-refractivity contribution is 6.21. The number of fused-ring (bicyclic) bond motifs is 1. The first-order valence-electron chi connectivity index (χ1n) is 8.96. The van der Waals surface area contributed by atoms with Gasteiger partial charge in [-0.3, -0.25) is 24.6 Å². The third-order valence-electron chi connectivity index (χ3n) is 4.69. The number of carbonyl (C=O) groups is 2. The lowest BCUT2D eigenvalue weighted by atomic mass is 10.1. The van der Waals surface area contributed by atoms with E-state index in [-0.39, 0.29) is 23.5 Å². The maximum Gasteiger partial charge on any atom is 0.271 e. The van der Waals surface area contributed by atoms with Gasteiger partial charge in [0.2, 0.25) is 0 Å². The summed E-state index contributed by atoms with van der Waals surface area (Å²) in [5.41, 5.74) is 1.39. The number of hydrogen-bond acceptors (Lipinski definition) is 6. The molecule has 0 spiro atoms. The van der Waals surface area contributed by atoms with Crippen molar-refractivity contribution in [2.45, 2.75) is 25.8 Å². The molecule has 146 valence electrons. The van der Waals surface area contributed by atoms with Gasteiger partial charge in [-0.2, -0.15) is 0 Å². The highest BCUT2D eigenvalue weighted by Gasteiger charge is 2.34. The van der Waals surface area contributed by atoms with Gasteiger partial charge in [-0.05, 0) is 38.0 Å². The largest absolute Gasteiger partial charge is 0.495 e. The summed E-state index contributed by atoms with van der Waals surface area (Å²) in [6.45, 7) is 2.26. The van der Waals surface area contributed by atoms with Crippen molar-refractivity contribution in [1.82, 2.24) is 4.90 Å². The molecule has 1 aliphatic heterocycles. The fraction of sp³-hybridized carbons (Fsp3) is 0.300. The molecule has 8 heteroatoms. The van der Waals surface area contributed by atoms with Crippen LogP contribution < -0.4 is 10.1 Å². The first-order chi connectivity index (χ1) is 13.4. The predicted molar refractivity (Wildman–Crippen MR) is 104 cm³/mol. The third kappa shape index (κ3) is 3.80. The van der Waals surface area contributed by atoms with Crippen molar-refractivity contribution in [2.24, 2.45) is 0 Å². The predicted octanol–water partition coefficient (Wildman–Crippen LogP) is 3.48. The van der Waals surface area contributed by atoms with E-state index in [0.29, 0.717) is 42.0 Å². The van der Waals surface area contributed by atoms with E-state index in [1.807, 2.05) is 6.92 Å². The summed E-state index contributed by atoms with van der Waals surface area (Å²) < 4.78 is 5.25. The zero-order chi connectivity index (χ0) is 20.3. The van der Waals surface area contributed by atoms with Crippen LogP contribution in [0.25, 0.3) is 0 Å². The van der Waals surface area contributed by atoms with Crippen LogP contribution in [0, 0.1) is 10.1 Å². The summed E-state index contributed by atoms with van der Waals surface area (Å²) in [7, 11) is 1.50. The minimum absolute atomic E-state index is 0.0264. The number of hydrogen-bond donors (Lipinski definition) is 1. The summed E-state index contributed by atoms with van der Waals surface area (Å²) in [6, 6.07) is 11.1. The second kappa shape index (κ2) is 8.08. The van der Waals surface area contributed by atoms with Gasteiger partial charge in [0.1, 0.15) is 5.75 Å². The fourth-order valence-corrected chi connectivity index (χ4v) is 3.26. The van der Waals surface area contributed by atoms with Crippen LogP contribution in [0.5, 0.6) is 5.75 Å². The average molecular weight is 383 g/mol. The van der Waals surface area contributed by atoms with E-state index in [0.717, 1.165) is 0 Å². The van der Waals surface area contributed by atoms with Crippen molar-refractivity contribution in [1.29, 1.82) is 0 Å². The van der Waals surface area contributed by atoms with Crippen LogP contribution in [0.4, 0.5) is 11.4 Å². The Hall–Kier alpha value is -3.42. The summed E-state index contributed by atoms with van der Waals surface area (Å²) in [5.74, 6) is -0.0130. The van der Waals surface area contributed by atoms with Gasteiger partial charge in [0, 0.05) is 24.7 Å². The molecule has 0 radical (unpaired) electrons. The maximum atomic E-state index is 12.4. The zero-order valence-electron chi connectivity index (χ0n) is 15.7. The minimum Gasteiger partial charge on any atom is -0.495 e. The highest BCUT2D eigenvalue weighted by atomic mass is 16.6. The quantitative estimate of drug-likeness (QED) is 0.425. The summed E-state index contributed by atoms with van der Waals surface area (Å²) in [6.07, 6.45) is 1.27. The molecule has 0 saturated carbocycles. The van der Waals surface area contributed by atoms with E-state index >= 15 is 0 Å². The van der Waals surface area contributed by atoms with Crippen LogP contribution in [-0.2, 0) is 0 Å². The summed E-state index contributed by atoms with van der Waals surface area (Å²) in [4.78, 5) is 36.5. The number of non-ortho nitro benzene ring substituents is 1. The van der Waals surface area contributed by atoms with Gasteiger partial charge in [0.25, 0.3) is 17.5 Å². The molecule has 0 saturated heterocycles. The van der Waals surface area contributed by atoms with Crippen molar-refractivity contribution in [3.05, 3.63) is 63.7 Å². The number of methoxy groups -OCH3 is 1. The maximum absolute atomic E-state index is 12.4. The number of rotatable bonds is 8.